The number of nitrogens with zero attached hydrogens (tertiary/aromatic N) is 1. The average molecular weight is 390 g/mol. The third-order valence-electron chi connectivity index (χ3n) is 3.87. The Morgan fingerprint density at radius 1 is 1.11 bits per heavy atom. The Balaban J connectivity index is 1.85. The second kappa shape index (κ2) is 7.69. The third-order valence-corrected chi connectivity index (χ3v) is 4.20. The lowest BCUT2D eigenvalue weighted by Crippen LogP contribution is -2.31. The van der Waals surface area contributed by atoms with Crippen LogP contribution in [-0.4, -0.2) is 36.6 Å². The molecule has 2 aromatic rings. The van der Waals surface area contributed by atoms with Crippen molar-refractivity contribution in [3.63, 3.8) is 0 Å². The van der Waals surface area contributed by atoms with Crippen LogP contribution in [0.15, 0.2) is 48.0 Å². The van der Waals surface area contributed by atoms with E-state index in [4.69, 9.17) is 16.4 Å². The Hall–Kier alpha value is -3.03. The van der Waals surface area contributed by atoms with Gasteiger partial charge >= 0.3 is 5.97 Å². The maximum absolute atomic E-state index is 14.0. The van der Waals surface area contributed by atoms with Crippen molar-refractivity contribution in [2.24, 2.45) is 0 Å². The smallest absolute Gasteiger partial charge is 0.336 e. The van der Waals surface area contributed by atoms with Crippen molar-refractivity contribution in [3.05, 3.63) is 75.6 Å². The van der Waals surface area contributed by atoms with E-state index in [9.17, 15) is 18.8 Å². The molecule has 138 valence electrons. The van der Waals surface area contributed by atoms with Crippen LogP contribution in [0.2, 0.25) is 5.02 Å². The number of methoxy groups -OCH3 is 1. The Bertz CT molecular complexity index is 917. The van der Waals surface area contributed by atoms with E-state index in [-0.39, 0.29) is 27.3 Å². The third kappa shape index (κ3) is 3.60. The SMILES string of the molecule is COC(=O)/C(=C/c1c(F)cccc1Cl)CON1C(=O)c2ccccc2C1=O. The summed E-state index contributed by atoms with van der Waals surface area (Å²) in [6.07, 6.45) is 1.15. The lowest BCUT2D eigenvalue weighted by Gasteiger charge is -2.14. The van der Waals surface area contributed by atoms with Gasteiger partial charge in [0.15, 0.2) is 0 Å². The molecule has 0 radical (unpaired) electrons. The molecule has 1 aliphatic heterocycles. The first kappa shape index (κ1) is 18.8. The van der Waals surface area contributed by atoms with Gasteiger partial charge in [-0.25, -0.2) is 9.18 Å². The highest BCUT2D eigenvalue weighted by Crippen LogP contribution is 2.25. The van der Waals surface area contributed by atoms with E-state index in [1.807, 2.05) is 0 Å². The number of rotatable bonds is 5. The highest BCUT2D eigenvalue weighted by molar-refractivity contribution is 6.32. The highest BCUT2D eigenvalue weighted by atomic mass is 35.5. The molecule has 0 unspecified atom stereocenters. The number of hydroxylamine groups is 2. The number of amides is 2. The van der Waals surface area contributed by atoms with Crippen molar-refractivity contribution in [3.8, 4) is 0 Å². The van der Waals surface area contributed by atoms with Gasteiger partial charge in [-0.1, -0.05) is 29.8 Å². The van der Waals surface area contributed by atoms with Crippen LogP contribution in [-0.2, 0) is 14.4 Å². The highest BCUT2D eigenvalue weighted by Gasteiger charge is 2.36. The van der Waals surface area contributed by atoms with Gasteiger partial charge in [-0.05, 0) is 30.3 Å². The largest absolute Gasteiger partial charge is 0.466 e. The lowest BCUT2D eigenvalue weighted by atomic mass is 10.1. The molecule has 3 rings (SSSR count). The van der Waals surface area contributed by atoms with Gasteiger partial charge in [0.05, 0.1) is 28.8 Å². The van der Waals surface area contributed by atoms with E-state index >= 15 is 0 Å². The molecule has 27 heavy (non-hydrogen) atoms. The molecule has 0 saturated carbocycles. The Kier molecular flexibility index (Phi) is 5.34. The number of hydrogen-bond acceptors (Lipinski definition) is 5. The van der Waals surface area contributed by atoms with Crippen LogP contribution in [0.1, 0.15) is 26.3 Å². The summed E-state index contributed by atoms with van der Waals surface area (Å²) in [5.74, 6) is -2.76. The summed E-state index contributed by atoms with van der Waals surface area (Å²) >= 11 is 5.96. The molecular formula is C19H13ClFNO5. The van der Waals surface area contributed by atoms with Crippen LogP contribution in [0, 0.1) is 5.82 Å². The molecule has 1 aliphatic rings. The van der Waals surface area contributed by atoms with Crippen molar-refractivity contribution in [1.82, 2.24) is 5.06 Å². The molecule has 0 fully saturated rings. The lowest BCUT2D eigenvalue weighted by molar-refractivity contribution is -0.139. The van der Waals surface area contributed by atoms with Gasteiger partial charge in [0.2, 0.25) is 0 Å². The van der Waals surface area contributed by atoms with Crippen LogP contribution in [0.4, 0.5) is 4.39 Å². The first-order valence-corrected chi connectivity index (χ1v) is 8.15. The molecule has 0 N–H and O–H groups in total. The normalized spacial score (nSPS) is 13.7. The Morgan fingerprint density at radius 3 is 2.30 bits per heavy atom. The topological polar surface area (TPSA) is 72.9 Å². The molecule has 0 atom stereocenters. The van der Waals surface area contributed by atoms with Crippen LogP contribution < -0.4 is 0 Å². The average Bonchev–Trinajstić information content (AvgIpc) is 2.91. The molecular weight excluding hydrogens is 377 g/mol. The van der Waals surface area contributed by atoms with Crippen LogP contribution >= 0.6 is 11.6 Å². The van der Waals surface area contributed by atoms with Gasteiger partial charge in [0.1, 0.15) is 12.4 Å². The molecule has 0 saturated heterocycles. The number of benzene rings is 2. The minimum absolute atomic E-state index is 0.0365. The minimum atomic E-state index is -0.814. The first-order chi connectivity index (χ1) is 12.9. The van der Waals surface area contributed by atoms with E-state index in [1.54, 1.807) is 12.1 Å². The van der Waals surface area contributed by atoms with E-state index in [2.05, 4.69) is 4.74 Å². The first-order valence-electron chi connectivity index (χ1n) is 7.77. The maximum Gasteiger partial charge on any atom is 0.336 e. The monoisotopic (exact) mass is 389 g/mol. The Labute approximate surface area is 158 Å². The number of fused-ring (bicyclic) bond motifs is 1. The van der Waals surface area contributed by atoms with Crippen molar-refractivity contribution < 1.29 is 28.3 Å². The number of carbonyl (C=O) groups is 3. The van der Waals surface area contributed by atoms with Crippen molar-refractivity contribution in [2.75, 3.05) is 13.7 Å². The fourth-order valence-corrected chi connectivity index (χ4v) is 2.75. The maximum atomic E-state index is 14.0. The summed E-state index contributed by atoms with van der Waals surface area (Å²) in [6.45, 7) is -0.497. The number of hydrogen-bond donors (Lipinski definition) is 0. The molecule has 8 heteroatoms. The van der Waals surface area contributed by atoms with E-state index in [0.717, 1.165) is 13.2 Å². The van der Waals surface area contributed by atoms with Crippen molar-refractivity contribution in [1.29, 1.82) is 0 Å². The zero-order chi connectivity index (χ0) is 19.6. The summed E-state index contributed by atoms with van der Waals surface area (Å²) < 4.78 is 18.6. The van der Waals surface area contributed by atoms with Gasteiger partial charge in [0, 0.05) is 5.56 Å². The van der Waals surface area contributed by atoms with E-state index in [0.29, 0.717) is 5.06 Å². The number of esters is 1. The summed E-state index contributed by atoms with van der Waals surface area (Å²) in [5, 5.41) is 0.641. The summed E-state index contributed by atoms with van der Waals surface area (Å²) in [6, 6.07) is 10.3. The molecule has 2 amide bonds. The predicted octanol–water partition coefficient (Wildman–Crippen LogP) is 3.26. The van der Waals surface area contributed by atoms with Crippen molar-refractivity contribution >= 4 is 35.5 Å². The van der Waals surface area contributed by atoms with Gasteiger partial charge in [-0.15, -0.1) is 5.06 Å². The molecule has 1 heterocycles. The van der Waals surface area contributed by atoms with Crippen LogP contribution in [0.25, 0.3) is 6.08 Å². The number of halogens is 2. The fraction of sp³-hybridized carbons (Fsp3) is 0.105. The minimum Gasteiger partial charge on any atom is -0.466 e. The number of imide groups is 1. The molecule has 0 aliphatic carbocycles. The number of ether oxygens (including phenoxy) is 1. The second-order valence-electron chi connectivity index (χ2n) is 5.52. The second-order valence-corrected chi connectivity index (χ2v) is 5.93. The zero-order valence-corrected chi connectivity index (χ0v) is 14.8. The van der Waals surface area contributed by atoms with Crippen LogP contribution in [0.3, 0.4) is 0 Å². The standard InChI is InChI=1S/C19H13ClFNO5/c1-26-19(25)11(9-14-15(20)7-4-8-16(14)21)10-27-22-17(23)12-5-2-3-6-13(12)18(22)24/h2-9H,10H2,1H3/b11-9+. The quantitative estimate of drug-likeness (QED) is 0.446. The van der Waals surface area contributed by atoms with E-state index in [1.165, 1.54) is 30.3 Å². The van der Waals surface area contributed by atoms with Gasteiger partial charge < -0.3 is 4.74 Å². The predicted molar refractivity (Wildman–Crippen MR) is 94.3 cm³/mol. The number of carbonyl (C=O) groups excluding carboxylic acids is 3. The van der Waals surface area contributed by atoms with Gasteiger partial charge in [-0.3, -0.25) is 14.4 Å². The molecule has 2 aromatic carbocycles. The van der Waals surface area contributed by atoms with Crippen LogP contribution in [0.5, 0.6) is 0 Å². The molecule has 6 nitrogen and oxygen atoms in total. The van der Waals surface area contributed by atoms with Gasteiger partial charge in [-0.2, -0.15) is 0 Å². The van der Waals surface area contributed by atoms with Crippen molar-refractivity contribution in [2.45, 2.75) is 0 Å². The fourth-order valence-electron chi connectivity index (χ4n) is 2.53. The Morgan fingerprint density at radius 2 is 1.74 bits per heavy atom. The molecule has 0 bridgehead atoms. The van der Waals surface area contributed by atoms with Gasteiger partial charge in [0.25, 0.3) is 11.8 Å². The summed E-state index contributed by atoms with van der Waals surface area (Å²) in [4.78, 5) is 41.8. The molecule has 0 spiro atoms. The molecule has 0 aromatic heterocycles. The zero-order valence-electron chi connectivity index (χ0n) is 14.1. The van der Waals surface area contributed by atoms with E-state index < -0.39 is 30.2 Å². The summed E-state index contributed by atoms with van der Waals surface area (Å²) in [7, 11) is 1.14. The summed E-state index contributed by atoms with van der Waals surface area (Å²) in [5.41, 5.74) is 0.234.